The number of rotatable bonds is 3. The summed E-state index contributed by atoms with van der Waals surface area (Å²) in [6.07, 6.45) is 0. The largest absolute Gasteiger partial charge is 0.480 e. The highest BCUT2D eigenvalue weighted by atomic mass is 16.4. The van der Waals surface area contributed by atoms with Gasteiger partial charge in [-0.1, -0.05) is 17.7 Å². The lowest BCUT2D eigenvalue weighted by atomic mass is 10.1. The molecule has 0 aliphatic heterocycles. The molecule has 0 heterocycles. The number of hydrogen-bond acceptors (Lipinski definition) is 2. The minimum Gasteiger partial charge on any atom is -0.480 e. The Bertz CT molecular complexity index is 518. The molecule has 2 amide bonds. The van der Waals surface area contributed by atoms with E-state index in [1.54, 1.807) is 20.8 Å². The Morgan fingerprint density at radius 2 is 1.85 bits per heavy atom. The molecule has 0 saturated heterocycles. The molecule has 0 aliphatic carbocycles. The molecule has 0 atom stereocenters. The van der Waals surface area contributed by atoms with E-state index in [9.17, 15) is 9.59 Å². The van der Waals surface area contributed by atoms with Crippen LogP contribution in [-0.2, 0) is 4.79 Å². The summed E-state index contributed by atoms with van der Waals surface area (Å²) in [5, 5.41) is 11.7. The van der Waals surface area contributed by atoms with Gasteiger partial charge in [0.2, 0.25) is 0 Å². The van der Waals surface area contributed by atoms with Crippen molar-refractivity contribution < 1.29 is 14.7 Å². The number of aliphatic carboxylic acids is 1. The molecule has 1 rings (SSSR count). The Labute approximate surface area is 119 Å². The highest BCUT2D eigenvalue weighted by molar-refractivity contribution is 5.92. The van der Waals surface area contributed by atoms with Gasteiger partial charge in [0.25, 0.3) is 0 Å². The van der Waals surface area contributed by atoms with Crippen LogP contribution in [0, 0.1) is 13.8 Å². The van der Waals surface area contributed by atoms with E-state index < -0.39 is 17.5 Å². The number of urea groups is 1. The number of hydrogen-bond donors (Lipinski definition) is 2. The van der Waals surface area contributed by atoms with Crippen LogP contribution in [-0.4, -0.2) is 34.1 Å². The second-order valence-corrected chi connectivity index (χ2v) is 5.90. The summed E-state index contributed by atoms with van der Waals surface area (Å²) in [7, 11) is 0. The third kappa shape index (κ3) is 4.26. The molecule has 1 aromatic carbocycles. The van der Waals surface area contributed by atoms with Crippen molar-refractivity contribution in [1.82, 2.24) is 4.90 Å². The van der Waals surface area contributed by atoms with Crippen molar-refractivity contribution in [2.24, 2.45) is 0 Å². The highest BCUT2D eigenvalue weighted by Gasteiger charge is 2.28. The first-order valence-electron chi connectivity index (χ1n) is 6.49. The minimum atomic E-state index is -1.03. The maximum atomic E-state index is 12.3. The molecule has 110 valence electrons. The Balaban J connectivity index is 2.93. The average Bonchev–Trinajstić information content (AvgIpc) is 2.28. The van der Waals surface area contributed by atoms with Crippen molar-refractivity contribution in [3.05, 3.63) is 29.3 Å². The number of carboxylic acids is 1. The SMILES string of the molecule is Cc1ccc(NC(=O)N(CC(=O)O)C(C)(C)C)c(C)c1. The van der Waals surface area contributed by atoms with Crippen LogP contribution in [0.15, 0.2) is 18.2 Å². The van der Waals surface area contributed by atoms with Gasteiger partial charge in [-0.2, -0.15) is 0 Å². The fourth-order valence-corrected chi connectivity index (χ4v) is 1.89. The highest BCUT2D eigenvalue weighted by Crippen LogP contribution is 2.19. The van der Waals surface area contributed by atoms with Gasteiger partial charge in [0.15, 0.2) is 0 Å². The summed E-state index contributed by atoms with van der Waals surface area (Å²) in [6, 6.07) is 5.28. The van der Waals surface area contributed by atoms with E-state index in [1.807, 2.05) is 32.0 Å². The van der Waals surface area contributed by atoms with E-state index in [0.717, 1.165) is 11.1 Å². The zero-order chi connectivity index (χ0) is 15.5. The van der Waals surface area contributed by atoms with Crippen LogP contribution in [0.4, 0.5) is 10.5 Å². The van der Waals surface area contributed by atoms with Gasteiger partial charge >= 0.3 is 12.0 Å². The van der Waals surface area contributed by atoms with Crippen LogP contribution in [0.2, 0.25) is 0 Å². The summed E-state index contributed by atoms with van der Waals surface area (Å²) >= 11 is 0. The molecular formula is C15H22N2O3. The predicted molar refractivity (Wildman–Crippen MR) is 79.0 cm³/mol. The number of nitrogens with zero attached hydrogens (tertiary/aromatic N) is 1. The van der Waals surface area contributed by atoms with Crippen molar-refractivity contribution in [2.75, 3.05) is 11.9 Å². The van der Waals surface area contributed by atoms with Crippen LogP contribution < -0.4 is 5.32 Å². The van der Waals surface area contributed by atoms with Gasteiger partial charge in [0, 0.05) is 11.2 Å². The van der Waals surface area contributed by atoms with E-state index in [2.05, 4.69) is 5.32 Å². The van der Waals surface area contributed by atoms with Crippen LogP contribution in [0.25, 0.3) is 0 Å². The van der Waals surface area contributed by atoms with Gasteiger partial charge in [-0.25, -0.2) is 4.79 Å². The number of carbonyl (C=O) groups excluding carboxylic acids is 1. The number of carboxylic acid groups (broad SMARTS) is 1. The molecule has 0 radical (unpaired) electrons. The maximum absolute atomic E-state index is 12.3. The van der Waals surface area contributed by atoms with E-state index in [4.69, 9.17) is 5.11 Å². The molecule has 0 saturated carbocycles. The van der Waals surface area contributed by atoms with Crippen LogP contribution in [0.3, 0.4) is 0 Å². The third-order valence-corrected chi connectivity index (χ3v) is 2.97. The summed E-state index contributed by atoms with van der Waals surface area (Å²) in [5.74, 6) is -1.03. The van der Waals surface area contributed by atoms with Gasteiger partial charge in [0.1, 0.15) is 6.54 Å². The molecule has 2 N–H and O–H groups in total. The Morgan fingerprint density at radius 1 is 1.25 bits per heavy atom. The van der Waals surface area contributed by atoms with Gasteiger partial charge in [-0.05, 0) is 46.2 Å². The molecule has 0 aliphatic rings. The van der Waals surface area contributed by atoms with Crippen molar-refractivity contribution in [3.63, 3.8) is 0 Å². The first-order chi connectivity index (χ1) is 9.11. The van der Waals surface area contributed by atoms with E-state index in [-0.39, 0.29) is 6.54 Å². The molecular weight excluding hydrogens is 256 g/mol. The average molecular weight is 278 g/mol. The van der Waals surface area contributed by atoms with Crippen molar-refractivity contribution in [3.8, 4) is 0 Å². The number of amides is 2. The number of aryl methyl sites for hydroxylation is 2. The summed E-state index contributed by atoms with van der Waals surface area (Å²) < 4.78 is 0. The van der Waals surface area contributed by atoms with Gasteiger partial charge < -0.3 is 15.3 Å². The first kappa shape index (κ1) is 16.0. The quantitative estimate of drug-likeness (QED) is 0.893. The number of benzene rings is 1. The minimum absolute atomic E-state index is 0.333. The standard InChI is InChI=1S/C15H22N2O3/c1-10-6-7-12(11(2)8-10)16-14(20)17(9-13(18)19)15(3,4)5/h6-8H,9H2,1-5H3,(H,16,20)(H,18,19). The summed E-state index contributed by atoms with van der Waals surface area (Å²) in [5.41, 5.74) is 2.18. The molecule has 0 spiro atoms. The summed E-state index contributed by atoms with van der Waals surface area (Å²) in [6.45, 7) is 8.96. The lowest BCUT2D eigenvalue weighted by Crippen LogP contribution is -2.50. The number of carbonyl (C=O) groups is 2. The monoisotopic (exact) mass is 278 g/mol. The fourth-order valence-electron chi connectivity index (χ4n) is 1.89. The van der Waals surface area contributed by atoms with Crippen LogP contribution in [0.5, 0.6) is 0 Å². The van der Waals surface area contributed by atoms with E-state index >= 15 is 0 Å². The molecule has 0 aromatic heterocycles. The predicted octanol–water partition coefficient (Wildman–Crippen LogP) is 3.02. The second kappa shape index (κ2) is 5.94. The second-order valence-electron chi connectivity index (χ2n) is 5.90. The van der Waals surface area contributed by atoms with Crippen molar-refractivity contribution >= 4 is 17.7 Å². The molecule has 0 fully saturated rings. The zero-order valence-corrected chi connectivity index (χ0v) is 12.7. The number of anilines is 1. The van der Waals surface area contributed by atoms with Gasteiger partial charge in [-0.15, -0.1) is 0 Å². The molecule has 0 unspecified atom stereocenters. The van der Waals surface area contributed by atoms with Crippen molar-refractivity contribution in [1.29, 1.82) is 0 Å². The van der Waals surface area contributed by atoms with Gasteiger partial charge in [0.05, 0.1) is 0 Å². The number of nitrogens with one attached hydrogen (secondary N) is 1. The zero-order valence-electron chi connectivity index (χ0n) is 12.7. The van der Waals surface area contributed by atoms with E-state index in [0.29, 0.717) is 5.69 Å². The van der Waals surface area contributed by atoms with Crippen LogP contribution in [0.1, 0.15) is 31.9 Å². The smallest absolute Gasteiger partial charge is 0.323 e. The molecule has 20 heavy (non-hydrogen) atoms. The topological polar surface area (TPSA) is 69.6 Å². The van der Waals surface area contributed by atoms with Crippen LogP contribution >= 0.6 is 0 Å². The lowest BCUT2D eigenvalue weighted by Gasteiger charge is -2.34. The first-order valence-corrected chi connectivity index (χ1v) is 6.49. The Morgan fingerprint density at radius 3 is 2.30 bits per heavy atom. The fraction of sp³-hybridized carbons (Fsp3) is 0.467. The van der Waals surface area contributed by atoms with Gasteiger partial charge in [-0.3, -0.25) is 4.79 Å². The van der Waals surface area contributed by atoms with E-state index in [1.165, 1.54) is 4.90 Å². The van der Waals surface area contributed by atoms with Crippen molar-refractivity contribution in [2.45, 2.75) is 40.2 Å². The normalized spacial score (nSPS) is 11.1. The molecule has 5 nitrogen and oxygen atoms in total. The molecule has 1 aromatic rings. The summed E-state index contributed by atoms with van der Waals surface area (Å²) in [4.78, 5) is 24.5. The maximum Gasteiger partial charge on any atom is 0.323 e. The molecule has 0 bridgehead atoms. The molecule has 5 heteroatoms. The Hall–Kier alpha value is -2.04. The third-order valence-electron chi connectivity index (χ3n) is 2.97. The lowest BCUT2D eigenvalue weighted by molar-refractivity contribution is -0.138. The Kier molecular flexibility index (Phi) is 4.76.